The highest BCUT2D eigenvalue weighted by Gasteiger charge is 2.24. The van der Waals surface area contributed by atoms with Crippen molar-refractivity contribution in [2.75, 3.05) is 11.9 Å². The number of carboxylic acids is 2. The monoisotopic (exact) mass is 440 g/mol. The third kappa shape index (κ3) is 5.42. The Hall–Kier alpha value is -2.63. The molecule has 27 heavy (non-hydrogen) atoms. The van der Waals surface area contributed by atoms with Gasteiger partial charge in [-0.25, -0.2) is 10.1 Å². The first-order valence-electron chi connectivity index (χ1n) is 7.87. The fourth-order valence-corrected chi connectivity index (χ4v) is 2.76. The second kappa shape index (κ2) is 9.35. The van der Waals surface area contributed by atoms with Crippen molar-refractivity contribution in [3.05, 3.63) is 29.0 Å². The molecule has 0 saturated heterocycles. The molecule has 11 heteroatoms. The van der Waals surface area contributed by atoms with Crippen LogP contribution in [-0.4, -0.2) is 61.8 Å². The van der Waals surface area contributed by atoms with Crippen LogP contribution < -0.4 is 15.4 Å². The van der Waals surface area contributed by atoms with Gasteiger partial charge in [0.05, 0.1) is 28.9 Å². The van der Waals surface area contributed by atoms with E-state index in [1.54, 1.807) is 12.4 Å². The van der Waals surface area contributed by atoms with Crippen LogP contribution >= 0.6 is 15.9 Å². The lowest BCUT2D eigenvalue weighted by atomic mass is 10.2. The van der Waals surface area contributed by atoms with Crippen molar-refractivity contribution in [1.29, 1.82) is 0 Å². The minimum Gasteiger partial charge on any atom is -0.547 e. The molecule has 2 unspecified atom stereocenters. The molecule has 0 fully saturated rings. The predicted molar refractivity (Wildman–Crippen MR) is 95.6 cm³/mol. The Labute approximate surface area is 161 Å². The Bertz CT molecular complexity index is 857. The summed E-state index contributed by atoms with van der Waals surface area (Å²) in [5, 5.41) is 37.5. The van der Waals surface area contributed by atoms with Gasteiger partial charge in [0.15, 0.2) is 6.10 Å². The first-order chi connectivity index (χ1) is 12.8. The molecule has 1 aliphatic rings. The van der Waals surface area contributed by atoms with Gasteiger partial charge in [-0.3, -0.25) is 15.0 Å². The summed E-state index contributed by atoms with van der Waals surface area (Å²) >= 11 is 3.58. The van der Waals surface area contributed by atoms with Gasteiger partial charge in [-0.1, -0.05) is 0 Å². The number of carbonyl (C=O) groups is 2. The van der Waals surface area contributed by atoms with Gasteiger partial charge in [0, 0.05) is 12.4 Å². The molecule has 0 spiro atoms. The van der Waals surface area contributed by atoms with E-state index in [-0.39, 0.29) is 0 Å². The molecule has 1 aromatic heterocycles. The second-order valence-electron chi connectivity index (χ2n) is 5.53. The fourth-order valence-electron chi connectivity index (χ4n) is 2.23. The number of amidine groups is 1. The Morgan fingerprint density at radius 3 is 2.48 bits per heavy atom. The maximum absolute atomic E-state index is 9.74. The Morgan fingerprint density at radius 1 is 1.22 bits per heavy atom. The van der Waals surface area contributed by atoms with Crippen LogP contribution in [0.2, 0.25) is 0 Å². The van der Waals surface area contributed by atoms with E-state index in [0.717, 1.165) is 34.2 Å². The zero-order valence-corrected chi connectivity index (χ0v) is 15.5. The van der Waals surface area contributed by atoms with Gasteiger partial charge in [0.2, 0.25) is 5.84 Å². The first-order valence-corrected chi connectivity index (χ1v) is 8.66. The summed E-state index contributed by atoms with van der Waals surface area (Å²) in [6.07, 6.45) is 0.966. The molecule has 0 saturated carbocycles. The molecule has 3 rings (SSSR count). The quantitative estimate of drug-likeness (QED) is 0.348. The SMILES string of the molecule is Brc1c(NC2=[NH+]CCC2)ccc2nccnc12.O=C([O-])C(O)C(O)C(=O)O. The van der Waals surface area contributed by atoms with E-state index in [1.165, 1.54) is 12.3 Å². The molecular weight excluding hydrogens is 424 g/mol. The summed E-state index contributed by atoms with van der Waals surface area (Å²) in [6.45, 7) is 1.05. The van der Waals surface area contributed by atoms with Gasteiger partial charge in [-0.15, -0.1) is 0 Å². The molecular formula is C16H17BrN4O6. The third-order valence-electron chi connectivity index (χ3n) is 3.60. The average Bonchev–Trinajstić information content (AvgIpc) is 3.16. The van der Waals surface area contributed by atoms with Crippen LogP contribution in [0.1, 0.15) is 12.8 Å². The summed E-state index contributed by atoms with van der Waals surface area (Å²) in [4.78, 5) is 31.3. The summed E-state index contributed by atoms with van der Waals surface area (Å²) < 4.78 is 0.962. The highest BCUT2D eigenvalue weighted by molar-refractivity contribution is 9.10. The topological polar surface area (TPSA) is 170 Å². The number of aliphatic hydroxyl groups is 2. The smallest absolute Gasteiger partial charge is 0.335 e. The minimum atomic E-state index is -2.38. The number of halogens is 1. The molecule has 2 heterocycles. The average molecular weight is 441 g/mol. The largest absolute Gasteiger partial charge is 0.547 e. The van der Waals surface area contributed by atoms with Crippen molar-refractivity contribution < 1.29 is 35.0 Å². The maximum atomic E-state index is 9.74. The van der Waals surface area contributed by atoms with E-state index < -0.39 is 24.1 Å². The Kier molecular flexibility index (Phi) is 7.16. The van der Waals surface area contributed by atoms with Gasteiger partial charge in [-0.05, 0) is 34.5 Å². The van der Waals surface area contributed by atoms with E-state index in [0.29, 0.717) is 0 Å². The van der Waals surface area contributed by atoms with Crippen LogP contribution in [0.25, 0.3) is 11.0 Å². The highest BCUT2D eigenvalue weighted by atomic mass is 79.9. The summed E-state index contributed by atoms with van der Waals surface area (Å²) in [5.41, 5.74) is 2.81. The number of hydrogen-bond acceptors (Lipinski definition) is 8. The summed E-state index contributed by atoms with van der Waals surface area (Å²) in [6, 6.07) is 4.00. The maximum Gasteiger partial charge on any atom is 0.335 e. The van der Waals surface area contributed by atoms with Crippen molar-refractivity contribution in [3.8, 4) is 0 Å². The molecule has 1 aromatic carbocycles. The van der Waals surface area contributed by atoms with Crippen LogP contribution in [0.15, 0.2) is 29.0 Å². The second-order valence-corrected chi connectivity index (χ2v) is 6.33. The lowest BCUT2D eigenvalue weighted by Gasteiger charge is -2.13. The lowest BCUT2D eigenvalue weighted by molar-refractivity contribution is -0.447. The number of anilines is 1. The van der Waals surface area contributed by atoms with Gasteiger partial charge in [0.25, 0.3) is 0 Å². The summed E-state index contributed by atoms with van der Waals surface area (Å²) in [7, 11) is 0. The fraction of sp³-hybridized carbons (Fsp3) is 0.312. The Balaban J connectivity index is 0.000000227. The number of hydrogen-bond donors (Lipinski definition) is 5. The number of aliphatic hydroxyl groups excluding tert-OH is 2. The van der Waals surface area contributed by atoms with Gasteiger partial charge >= 0.3 is 5.97 Å². The predicted octanol–water partition coefficient (Wildman–Crippen LogP) is -2.38. The number of carbonyl (C=O) groups excluding carboxylic acids is 1. The molecule has 144 valence electrons. The van der Waals surface area contributed by atoms with Crippen LogP contribution in [0.5, 0.6) is 0 Å². The van der Waals surface area contributed by atoms with Crippen LogP contribution in [-0.2, 0) is 9.59 Å². The zero-order valence-electron chi connectivity index (χ0n) is 13.9. The Morgan fingerprint density at radius 2 is 1.93 bits per heavy atom. The number of nitrogens with zero attached hydrogens (tertiary/aromatic N) is 2. The standard InChI is InChI=1S/C12H11BrN4.C4H6O6/c13-11-8(17-10-2-1-5-15-10)3-4-9-12(11)16-7-6-14-9;5-1(3(7)8)2(6)4(9)10/h3-4,6-7H,1-2,5H2,(H,15,17);1-2,5-6H,(H,7,8)(H,9,10). The van der Waals surface area contributed by atoms with E-state index in [1.807, 2.05) is 12.1 Å². The van der Waals surface area contributed by atoms with Crippen LogP contribution in [0.3, 0.4) is 0 Å². The molecule has 0 radical (unpaired) electrons. The van der Waals surface area contributed by atoms with E-state index in [2.05, 4.69) is 36.2 Å². The van der Waals surface area contributed by atoms with Gasteiger partial charge < -0.3 is 25.2 Å². The van der Waals surface area contributed by atoms with Crippen molar-refractivity contribution in [2.24, 2.45) is 0 Å². The summed E-state index contributed by atoms with van der Waals surface area (Å²) in [5.74, 6) is -2.65. The molecule has 0 aliphatic carbocycles. The number of benzene rings is 1. The molecule has 0 bridgehead atoms. The van der Waals surface area contributed by atoms with E-state index >= 15 is 0 Å². The van der Waals surface area contributed by atoms with Crippen molar-refractivity contribution in [3.63, 3.8) is 0 Å². The number of carboxylic acid groups (broad SMARTS) is 2. The minimum absolute atomic E-state index is 0.885. The zero-order chi connectivity index (χ0) is 20.0. The van der Waals surface area contributed by atoms with Crippen molar-refractivity contribution in [2.45, 2.75) is 25.0 Å². The number of rotatable bonds is 4. The molecule has 2 aromatic rings. The first kappa shape index (κ1) is 20.7. The van der Waals surface area contributed by atoms with Crippen LogP contribution in [0.4, 0.5) is 5.69 Å². The lowest BCUT2D eigenvalue weighted by Crippen LogP contribution is -2.71. The molecule has 10 nitrogen and oxygen atoms in total. The van der Waals surface area contributed by atoms with E-state index in [4.69, 9.17) is 15.3 Å². The number of aliphatic carboxylic acids is 2. The molecule has 0 amide bonds. The normalized spacial score (nSPS) is 15.3. The molecule has 5 N–H and O–H groups in total. The van der Waals surface area contributed by atoms with Crippen LogP contribution in [0, 0.1) is 0 Å². The third-order valence-corrected chi connectivity index (χ3v) is 4.40. The van der Waals surface area contributed by atoms with Gasteiger partial charge in [0.1, 0.15) is 17.3 Å². The van der Waals surface area contributed by atoms with E-state index in [9.17, 15) is 14.7 Å². The van der Waals surface area contributed by atoms with Crippen molar-refractivity contribution >= 4 is 50.4 Å². The number of nitrogens with one attached hydrogen (secondary N) is 2. The van der Waals surface area contributed by atoms with Gasteiger partial charge in [-0.2, -0.15) is 0 Å². The molecule has 2 atom stereocenters. The number of fused-ring (bicyclic) bond motifs is 1. The van der Waals surface area contributed by atoms with Crippen molar-refractivity contribution in [1.82, 2.24) is 9.97 Å². The number of aromatic nitrogens is 2. The highest BCUT2D eigenvalue weighted by Crippen LogP contribution is 2.28. The molecule has 1 aliphatic heterocycles.